The molecular weight excluding hydrogens is 376 g/mol. The second-order valence-electron chi connectivity index (χ2n) is 5.70. The molecule has 0 aliphatic carbocycles. The number of benzene rings is 1. The summed E-state index contributed by atoms with van der Waals surface area (Å²) in [6.45, 7) is 1.60. The van der Waals surface area contributed by atoms with Gasteiger partial charge in [0.1, 0.15) is 5.75 Å². The van der Waals surface area contributed by atoms with Gasteiger partial charge in [-0.25, -0.2) is 0 Å². The molecule has 136 valence electrons. The monoisotopic (exact) mass is 398 g/mol. The summed E-state index contributed by atoms with van der Waals surface area (Å²) in [5.74, 6) is 3.14. The van der Waals surface area contributed by atoms with E-state index in [-0.39, 0.29) is 18.3 Å². The molecule has 3 rings (SSSR count). The Balaban J connectivity index is 0.00000225. The van der Waals surface area contributed by atoms with Crippen LogP contribution >= 0.6 is 35.5 Å². The highest BCUT2D eigenvalue weighted by Gasteiger charge is 2.16. The molecule has 1 fully saturated rings. The number of hydrogen-bond donors (Lipinski definition) is 2. The predicted octanol–water partition coefficient (Wildman–Crippen LogP) is 3.56. The highest BCUT2D eigenvalue weighted by molar-refractivity contribution is 7.99. The maximum absolute atomic E-state index is 12.1. The molecule has 1 aromatic carbocycles. The highest BCUT2D eigenvalue weighted by Crippen LogP contribution is 2.29. The van der Waals surface area contributed by atoms with E-state index in [9.17, 15) is 4.79 Å². The minimum atomic E-state index is 0. The molecule has 1 aliphatic rings. The van der Waals surface area contributed by atoms with Gasteiger partial charge in [-0.3, -0.25) is 4.79 Å². The van der Waals surface area contributed by atoms with Gasteiger partial charge in [-0.15, -0.1) is 23.7 Å². The van der Waals surface area contributed by atoms with E-state index < -0.39 is 0 Å². The number of rotatable bonds is 6. The number of methoxy groups -OCH3 is 1. The molecule has 2 aromatic rings. The van der Waals surface area contributed by atoms with Crippen LogP contribution in [0.4, 0.5) is 0 Å². The zero-order valence-electron chi connectivity index (χ0n) is 14.1. The summed E-state index contributed by atoms with van der Waals surface area (Å²) in [5.41, 5.74) is 1.17. The molecule has 1 unspecified atom stereocenters. The Bertz CT molecular complexity index is 670. The van der Waals surface area contributed by atoms with E-state index in [1.165, 1.54) is 15.3 Å². The van der Waals surface area contributed by atoms with E-state index in [1.54, 1.807) is 18.4 Å². The second kappa shape index (κ2) is 10.1. The number of thioether (sulfide) groups is 1. The highest BCUT2D eigenvalue weighted by atomic mass is 35.5. The third-order valence-corrected chi connectivity index (χ3v) is 6.19. The van der Waals surface area contributed by atoms with Crippen LogP contribution in [0.25, 0.3) is 10.4 Å². The molecular formula is C18H23ClN2O2S2. The van der Waals surface area contributed by atoms with Gasteiger partial charge in [0.25, 0.3) is 0 Å². The van der Waals surface area contributed by atoms with Crippen molar-refractivity contribution in [1.82, 2.24) is 10.6 Å². The zero-order chi connectivity index (χ0) is 16.8. The van der Waals surface area contributed by atoms with Crippen LogP contribution in [0, 0.1) is 0 Å². The van der Waals surface area contributed by atoms with Gasteiger partial charge >= 0.3 is 0 Å². The second-order valence-corrected chi connectivity index (χ2v) is 8.02. The zero-order valence-corrected chi connectivity index (χ0v) is 16.6. The SMILES string of the molecule is COc1ccc(-c2ccc(CNC(=O)CC3CSCCN3)s2)cc1.Cl. The molecule has 25 heavy (non-hydrogen) atoms. The van der Waals surface area contributed by atoms with Crippen molar-refractivity contribution in [3.05, 3.63) is 41.3 Å². The van der Waals surface area contributed by atoms with Crippen LogP contribution in [0.1, 0.15) is 11.3 Å². The first kappa shape index (κ1) is 20.1. The van der Waals surface area contributed by atoms with Crippen LogP contribution in [0.2, 0.25) is 0 Å². The minimum absolute atomic E-state index is 0. The normalized spacial score (nSPS) is 16.8. The van der Waals surface area contributed by atoms with E-state index in [1.807, 2.05) is 23.9 Å². The van der Waals surface area contributed by atoms with Crippen LogP contribution in [0.15, 0.2) is 36.4 Å². The molecule has 0 saturated carbocycles. The minimum Gasteiger partial charge on any atom is -0.497 e. The van der Waals surface area contributed by atoms with E-state index in [2.05, 4.69) is 34.9 Å². The van der Waals surface area contributed by atoms with Crippen molar-refractivity contribution < 1.29 is 9.53 Å². The van der Waals surface area contributed by atoms with Gasteiger partial charge in [0.05, 0.1) is 13.7 Å². The first-order chi connectivity index (χ1) is 11.7. The Morgan fingerprint density at radius 3 is 2.76 bits per heavy atom. The first-order valence-electron chi connectivity index (χ1n) is 8.05. The number of ether oxygens (including phenoxy) is 1. The lowest BCUT2D eigenvalue weighted by Gasteiger charge is -2.22. The standard InChI is InChI=1S/C18H22N2O2S2.ClH/c1-22-15-4-2-13(3-5-15)17-7-6-16(24-17)11-20-18(21)10-14-12-23-9-8-19-14;/h2-7,14,19H,8-12H2,1H3,(H,20,21);1H. The predicted molar refractivity (Wildman–Crippen MR) is 109 cm³/mol. The van der Waals surface area contributed by atoms with E-state index in [0.717, 1.165) is 23.8 Å². The molecule has 0 radical (unpaired) electrons. The lowest BCUT2D eigenvalue weighted by Crippen LogP contribution is -2.41. The summed E-state index contributed by atoms with van der Waals surface area (Å²) < 4.78 is 5.19. The van der Waals surface area contributed by atoms with Crippen LogP contribution in [-0.4, -0.2) is 37.1 Å². The lowest BCUT2D eigenvalue weighted by molar-refractivity contribution is -0.121. The molecule has 4 nitrogen and oxygen atoms in total. The molecule has 1 atom stereocenters. The van der Waals surface area contributed by atoms with E-state index in [4.69, 9.17) is 4.74 Å². The van der Waals surface area contributed by atoms with Crippen LogP contribution < -0.4 is 15.4 Å². The van der Waals surface area contributed by atoms with Gasteiger partial charge in [0, 0.05) is 40.3 Å². The van der Waals surface area contributed by atoms with Gasteiger partial charge in [-0.2, -0.15) is 11.8 Å². The number of nitrogens with one attached hydrogen (secondary N) is 2. The summed E-state index contributed by atoms with van der Waals surface area (Å²) in [7, 11) is 1.67. The van der Waals surface area contributed by atoms with Crippen LogP contribution in [-0.2, 0) is 11.3 Å². The van der Waals surface area contributed by atoms with Crippen LogP contribution in [0.5, 0.6) is 5.75 Å². The van der Waals surface area contributed by atoms with E-state index >= 15 is 0 Å². The summed E-state index contributed by atoms with van der Waals surface area (Å²) in [5, 5.41) is 6.43. The third-order valence-electron chi connectivity index (χ3n) is 3.93. The number of hydrogen-bond acceptors (Lipinski definition) is 5. The van der Waals surface area contributed by atoms with Gasteiger partial charge in [-0.05, 0) is 42.0 Å². The third kappa shape index (κ3) is 5.92. The fraction of sp³-hybridized carbons (Fsp3) is 0.389. The Kier molecular flexibility index (Phi) is 8.09. The summed E-state index contributed by atoms with van der Waals surface area (Å²) in [6, 6.07) is 12.5. The molecule has 1 amide bonds. The molecule has 1 saturated heterocycles. The Hall–Kier alpha value is -1.21. The number of carbonyl (C=O) groups excluding carboxylic acids is 1. The fourth-order valence-corrected chi connectivity index (χ4v) is 4.52. The number of carbonyl (C=O) groups is 1. The number of thiophene rings is 1. The van der Waals surface area contributed by atoms with Crippen molar-refractivity contribution in [2.75, 3.05) is 25.2 Å². The number of amides is 1. The van der Waals surface area contributed by atoms with Crippen molar-refractivity contribution >= 4 is 41.4 Å². The van der Waals surface area contributed by atoms with Crippen molar-refractivity contribution in [3.63, 3.8) is 0 Å². The van der Waals surface area contributed by atoms with Crippen LogP contribution in [0.3, 0.4) is 0 Å². The quantitative estimate of drug-likeness (QED) is 0.781. The Morgan fingerprint density at radius 1 is 1.28 bits per heavy atom. The molecule has 7 heteroatoms. The maximum atomic E-state index is 12.1. The molecule has 0 bridgehead atoms. The molecule has 2 N–H and O–H groups in total. The molecule has 2 heterocycles. The average molecular weight is 399 g/mol. The molecule has 1 aliphatic heterocycles. The number of halogens is 1. The molecule has 0 spiro atoms. The van der Waals surface area contributed by atoms with Crippen molar-refractivity contribution in [3.8, 4) is 16.2 Å². The fourth-order valence-electron chi connectivity index (χ4n) is 2.62. The topological polar surface area (TPSA) is 50.4 Å². The Morgan fingerprint density at radius 2 is 2.08 bits per heavy atom. The maximum Gasteiger partial charge on any atom is 0.221 e. The van der Waals surface area contributed by atoms with Gasteiger partial charge in [0.15, 0.2) is 0 Å². The van der Waals surface area contributed by atoms with Gasteiger partial charge in [0.2, 0.25) is 5.91 Å². The van der Waals surface area contributed by atoms with Crippen molar-refractivity contribution in [1.29, 1.82) is 0 Å². The van der Waals surface area contributed by atoms with Crippen molar-refractivity contribution in [2.24, 2.45) is 0 Å². The summed E-state index contributed by atoms with van der Waals surface area (Å²) >= 11 is 3.63. The van der Waals surface area contributed by atoms with E-state index in [0.29, 0.717) is 19.0 Å². The summed E-state index contributed by atoms with van der Waals surface area (Å²) in [4.78, 5) is 14.4. The van der Waals surface area contributed by atoms with Gasteiger partial charge in [-0.1, -0.05) is 0 Å². The smallest absolute Gasteiger partial charge is 0.221 e. The lowest BCUT2D eigenvalue weighted by atomic mass is 10.2. The average Bonchev–Trinajstić information content (AvgIpc) is 3.10. The Labute approximate surface area is 163 Å². The summed E-state index contributed by atoms with van der Waals surface area (Å²) in [6.07, 6.45) is 0.559. The van der Waals surface area contributed by atoms with Gasteiger partial charge < -0.3 is 15.4 Å². The van der Waals surface area contributed by atoms with Crippen molar-refractivity contribution in [2.45, 2.75) is 19.0 Å². The largest absolute Gasteiger partial charge is 0.497 e. The first-order valence-corrected chi connectivity index (χ1v) is 10.0. The molecule has 1 aromatic heterocycles.